The molecule has 0 unspecified atom stereocenters. The summed E-state index contributed by atoms with van der Waals surface area (Å²) < 4.78 is 2.09. The second-order valence-electron chi connectivity index (χ2n) is 2.55. The number of allylic oxidation sites excluding steroid dienone is 1. The predicted molar refractivity (Wildman–Crippen MR) is 46.5 cm³/mol. The number of nitrogens with zero attached hydrogens (tertiary/aromatic N) is 1. The Balaban J connectivity index is 2.82. The van der Waals surface area contributed by atoms with E-state index in [4.69, 9.17) is 5.73 Å². The lowest BCUT2D eigenvalue weighted by Crippen LogP contribution is -2.15. The smallest absolute Gasteiger partial charge is 0.236 e. The first-order chi connectivity index (χ1) is 4.70. The fourth-order valence-corrected chi connectivity index (χ4v) is 1.84. The van der Waals surface area contributed by atoms with E-state index in [9.17, 15) is 0 Å². The van der Waals surface area contributed by atoms with Gasteiger partial charge in [-0.2, -0.15) is 0 Å². The normalized spacial score (nSPS) is 18.6. The van der Waals surface area contributed by atoms with Crippen LogP contribution in [0.15, 0.2) is 11.8 Å². The zero-order chi connectivity index (χ0) is 7.56. The average molecular weight is 157 g/mol. The van der Waals surface area contributed by atoms with E-state index in [2.05, 4.69) is 4.58 Å². The summed E-state index contributed by atoms with van der Waals surface area (Å²) >= 11 is 1.86. The molecule has 0 saturated carbocycles. The van der Waals surface area contributed by atoms with Gasteiger partial charge in [-0.1, -0.05) is 11.8 Å². The molecule has 56 valence electrons. The zero-order valence-corrected chi connectivity index (χ0v) is 7.24. The highest BCUT2D eigenvalue weighted by Gasteiger charge is 2.11. The minimum absolute atomic E-state index is 1.00. The van der Waals surface area contributed by atoms with Gasteiger partial charge in [0.1, 0.15) is 14.1 Å². The monoisotopic (exact) mass is 157 g/mol. The number of rotatable bonds is 0. The van der Waals surface area contributed by atoms with Gasteiger partial charge in [0.05, 0.1) is 0 Å². The van der Waals surface area contributed by atoms with Crippen molar-refractivity contribution >= 4 is 16.8 Å². The maximum atomic E-state index is 5.66. The van der Waals surface area contributed by atoms with Crippen LogP contribution in [0.2, 0.25) is 0 Å². The van der Waals surface area contributed by atoms with Crippen LogP contribution in [0.5, 0.6) is 0 Å². The third-order valence-electron chi connectivity index (χ3n) is 1.39. The van der Waals surface area contributed by atoms with Crippen molar-refractivity contribution in [2.75, 3.05) is 19.8 Å². The SMILES string of the molecule is C[N+](C)=C1C=C(N)CCS1. The van der Waals surface area contributed by atoms with Gasteiger partial charge in [0.25, 0.3) is 0 Å². The third-order valence-corrected chi connectivity index (χ3v) is 2.58. The number of nitrogens with two attached hydrogens (primary N) is 1. The second kappa shape index (κ2) is 3.10. The Morgan fingerprint density at radius 1 is 1.60 bits per heavy atom. The Morgan fingerprint density at radius 3 is 2.70 bits per heavy atom. The van der Waals surface area contributed by atoms with Crippen molar-refractivity contribution in [1.82, 2.24) is 0 Å². The first-order valence-electron chi connectivity index (χ1n) is 3.33. The lowest BCUT2D eigenvalue weighted by molar-refractivity contribution is -0.460. The summed E-state index contributed by atoms with van der Waals surface area (Å²) in [6.07, 6.45) is 3.08. The molecule has 1 rings (SSSR count). The van der Waals surface area contributed by atoms with Crippen LogP contribution in [-0.2, 0) is 0 Å². The summed E-state index contributed by atoms with van der Waals surface area (Å²) in [7, 11) is 4.08. The maximum absolute atomic E-state index is 5.66. The van der Waals surface area contributed by atoms with Crippen LogP contribution in [0.3, 0.4) is 0 Å². The molecule has 0 bridgehead atoms. The first-order valence-corrected chi connectivity index (χ1v) is 4.32. The zero-order valence-electron chi connectivity index (χ0n) is 6.42. The van der Waals surface area contributed by atoms with E-state index in [0.717, 1.165) is 17.9 Å². The highest BCUT2D eigenvalue weighted by Crippen LogP contribution is 2.15. The molecule has 0 aromatic carbocycles. The van der Waals surface area contributed by atoms with Crippen LogP contribution >= 0.6 is 11.8 Å². The maximum Gasteiger partial charge on any atom is 0.236 e. The predicted octanol–water partition coefficient (Wildman–Crippen LogP) is 0.637. The third kappa shape index (κ3) is 1.77. The topological polar surface area (TPSA) is 29.0 Å². The van der Waals surface area contributed by atoms with E-state index in [-0.39, 0.29) is 0 Å². The van der Waals surface area contributed by atoms with Gasteiger partial charge in [-0.3, -0.25) is 0 Å². The lowest BCUT2D eigenvalue weighted by atomic mass is 10.3. The molecule has 0 fully saturated rings. The Bertz CT molecular complexity index is 190. The van der Waals surface area contributed by atoms with Gasteiger partial charge in [-0.05, 0) is 6.42 Å². The molecular formula is C7H13N2S+. The molecule has 0 aromatic rings. The Hall–Kier alpha value is -0.440. The molecule has 0 aromatic heterocycles. The molecule has 2 nitrogen and oxygen atoms in total. The van der Waals surface area contributed by atoms with E-state index < -0.39 is 0 Å². The van der Waals surface area contributed by atoms with Gasteiger partial charge in [0.2, 0.25) is 5.04 Å². The Labute approximate surface area is 65.8 Å². The summed E-state index contributed by atoms with van der Waals surface area (Å²) in [5.74, 6) is 1.12. The van der Waals surface area contributed by atoms with Gasteiger partial charge in [0.15, 0.2) is 0 Å². The molecule has 0 atom stereocenters. The van der Waals surface area contributed by atoms with Crippen LogP contribution in [-0.4, -0.2) is 29.5 Å². The first kappa shape index (κ1) is 7.66. The molecule has 0 radical (unpaired) electrons. The Morgan fingerprint density at radius 2 is 2.30 bits per heavy atom. The molecule has 10 heavy (non-hydrogen) atoms. The van der Waals surface area contributed by atoms with Crippen LogP contribution < -0.4 is 5.73 Å². The van der Waals surface area contributed by atoms with Crippen LogP contribution in [0.1, 0.15) is 6.42 Å². The second-order valence-corrected chi connectivity index (χ2v) is 3.67. The lowest BCUT2D eigenvalue weighted by Gasteiger charge is -2.07. The van der Waals surface area contributed by atoms with E-state index in [0.29, 0.717) is 0 Å². The average Bonchev–Trinajstić information content (AvgIpc) is 1.88. The van der Waals surface area contributed by atoms with E-state index in [1.54, 1.807) is 0 Å². The molecule has 1 aliphatic rings. The quantitative estimate of drug-likeness (QED) is 0.523. The highest BCUT2D eigenvalue weighted by molar-refractivity contribution is 8.14. The van der Waals surface area contributed by atoms with Crippen molar-refractivity contribution in [2.24, 2.45) is 5.73 Å². The van der Waals surface area contributed by atoms with Gasteiger partial charge in [0, 0.05) is 17.5 Å². The molecule has 0 amide bonds. The van der Waals surface area contributed by atoms with Gasteiger partial charge in [-0.25, -0.2) is 4.58 Å². The van der Waals surface area contributed by atoms with Crippen molar-refractivity contribution in [3.05, 3.63) is 11.8 Å². The minimum atomic E-state index is 1.00. The van der Waals surface area contributed by atoms with Crippen molar-refractivity contribution in [3.8, 4) is 0 Å². The molecule has 0 aliphatic carbocycles. The molecule has 1 heterocycles. The van der Waals surface area contributed by atoms with Crippen molar-refractivity contribution in [1.29, 1.82) is 0 Å². The largest absolute Gasteiger partial charge is 0.402 e. The van der Waals surface area contributed by atoms with Crippen LogP contribution in [0.4, 0.5) is 0 Å². The number of thioether (sulfide) groups is 1. The van der Waals surface area contributed by atoms with E-state index in [1.165, 1.54) is 5.04 Å². The summed E-state index contributed by atoms with van der Waals surface area (Å²) in [6, 6.07) is 0. The summed E-state index contributed by atoms with van der Waals surface area (Å²) in [5, 5.41) is 1.27. The van der Waals surface area contributed by atoms with Crippen LogP contribution in [0, 0.1) is 0 Å². The van der Waals surface area contributed by atoms with Gasteiger partial charge < -0.3 is 5.73 Å². The number of hydrogen-bond donors (Lipinski definition) is 1. The van der Waals surface area contributed by atoms with Gasteiger partial charge in [-0.15, -0.1) is 0 Å². The van der Waals surface area contributed by atoms with Gasteiger partial charge >= 0.3 is 0 Å². The molecule has 0 spiro atoms. The van der Waals surface area contributed by atoms with Crippen LogP contribution in [0.25, 0.3) is 0 Å². The van der Waals surface area contributed by atoms with Crippen molar-refractivity contribution < 1.29 is 4.58 Å². The summed E-state index contributed by atoms with van der Waals surface area (Å²) in [4.78, 5) is 0. The molecule has 3 heteroatoms. The summed E-state index contributed by atoms with van der Waals surface area (Å²) in [5.41, 5.74) is 6.67. The van der Waals surface area contributed by atoms with E-state index >= 15 is 0 Å². The minimum Gasteiger partial charge on any atom is -0.402 e. The van der Waals surface area contributed by atoms with Crippen molar-refractivity contribution in [3.63, 3.8) is 0 Å². The standard InChI is InChI=1S/C7H12N2S/c1-9(2)7-5-6(8)3-4-10-7/h5,8H,3-4H2,1-2H3/p+1. The highest BCUT2D eigenvalue weighted by atomic mass is 32.2. The fourth-order valence-electron chi connectivity index (χ4n) is 0.804. The van der Waals surface area contributed by atoms with E-state index in [1.807, 2.05) is 31.9 Å². The van der Waals surface area contributed by atoms with Crippen molar-refractivity contribution in [2.45, 2.75) is 6.42 Å². The Kier molecular flexibility index (Phi) is 2.38. The fraction of sp³-hybridized carbons (Fsp3) is 0.571. The molecule has 2 N–H and O–H groups in total. The number of hydrogen-bond acceptors (Lipinski definition) is 2. The molecule has 1 aliphatic heterocycles. The summed E-state index contributed by atoms with van der Waals surface area (Å²) in [6.45, 7) is 0. The molecule has 0 saturated heterocycles. The molecular weight excluding hydrogens is 144 g/mol.